The number of benzene rings is 2. The Bertz CT molecular complexity index is 799. The van der Waals surface area contributed by atoms with Crippen LogP contribution in [0.1, 0.15) is 26.3 Å². The number of anilines is 1. The molecule has 0 amide bonds. The Balaban J connectivity index is 1.69. The summed E-state index contributed by atoms with van der Waals surface area (Å²) >= 11 is 0. The van der Waals surface area contributed by atoms with E-state index in [1.54, 1.807) is 24.3 Å². The minimum Gasteiger partial charge on any atom is -0.382 e. The van der Waals surface area contributed by atoms with Gasteiger partial charge in [0.15, 0.2) is 11.6 Å². The van der Waals surface area contributed by atoms with Crippen molar-refractivity contribution in [2.24, 2.45) is 0 Å². The van der Waals surface area contributed by atoms with Crippen LogP contribution in [-0.2, 0) is 6.18 Å². The number of carbonyl (C=O) groups excluding carboxylic acids is 2. The van der Waals surface area contributed by atoms with E-state index in [4.69, 9.17) is 0 Å². The summed E-state index contributed by atoms with van der Waals surface area (Å²) in [6.07, 6.45) is -2.92. The van der Waals surface area contributed by atoms with Gasteiger partial charge in [0.05, 0.1) is 11.1 Å². The van der Waals surface area contributed by atoms with E-state index < -0.39 is 11.7 Å². The number of nitrogens with one attached hydrogen (secondary N) is 1. The molecule has 0 saturated carbocycles. The van der Waals surface area contributed by atoms with E-state index in [9.17, 15) is 22.8 Å². The molecule has 0 unspecified atom stereocenters. The van der Waals surface area contributed by atoms with Crippen molar-refractivity contribution >= 4 is 17.3 Å². The van der Waals surface area contributed by atoms with Crippen molar-refractivity contribution in [3.05, 3.63) is 76.9 Å². The molecular formula is C18H12F3NO2. The van der Waals surface area contributed by atoms with E-state index in [0.717, 1.165) is 12.1 Å². The Morgan fingerprint density at radius 1 is 0.875 bits per heavy atom. The molecule has 1 aliphatic rings. The number of fused-ring (bicyclic) bond motifs is 1. The molecule has 0 atom stereocenters. The second-order valence-electron chi connectivity index (χ2n) is 5.28. The zero-order valence-electron chi connectivity index (χ0n) is 12.4. The third kappa shape index (κ3) is 2.95. The van der Waals surface area contributed by atoms with E-state index in [-0.39, 0.29) is 23.7 Å². The highest BCUT2D eigenvalue weighted by Gasteiger charge is 2.32. The number of carbonyl (C=O) groups is 2. The molecule has 122 valence electrons. The van der Waals surface area contributed by atoms with Gasteiger partial charge in [-0.25, -0.2) is 0 Å². The van der Waals surface area contributed by atoms with Crippen LogP contribution in [0.4, 0.5) is 18.9 Å². The first kappa shape index (κ1) is 16.0. The maximum Gasteiger partial charge on any atom is 0.416 e. The molecule has 2 aromatic rings. The lowest BCUT2D eigenvalue weighted by Gasteiger charge is -2.08. The lowest BCUT2D eigenvalue weighted by molar-refractivity contribution is -0.137. The lowest BCUT2D eigenvalue weighted by Crippen LogP contribution is -2.07. The molecule has 2 aromatic carbocycles. The highest BCUT2D eigenvalue weighted by atomic mass is 19.4. The fourth-order valence-corrected chi connectivity index (χ4v) is 2.51. The number of ketones is 2. The van der Waals surface area contributed by atoms with Gasteiger partial charge in [0.25, 0.3) is 0 Å². The largest absolute Gasteiger partial charge is 0.416 e. The van der Waals surface area contributed by atoms with Crippen LogP contribution in [0.15, 0.2) is 60.2 Å². The SMILES string of the molecule is O=C1C(=CCNc2ccc(C(F)(F)F)cc2)C(=O)c2ccccc21. The number of halogens is 3. The standard InChI is InChI=1S/C18H12F3NO2/c19-18(20,21)11-5-7-12(8-6-11)22-10-9-15-16(23)13-3-1-2-4-14(13)17(15)24/h1-9,22H,10H2. The van der Waals surface area contributed by atoms with Gasteiger partial charge >= 0.3 is 6.18 Å². The third-order valence-electron chi connectivity index (χ3n) is 3.73. The van der Waals surface area contributed by atoms with Crippen molar-refractivity contribution < 1.29 is 22.8 Å². The lowest BCUT2D eigenvalue weighted by atomic mass is 10.1. The number of hydrogen-bond acceptors (Lipinski definition) is 3. The first-order valence-electron chi connectivity index (χ1n) is 7.17. The normalized spacial score (nSPS) is 13.9. The topological polar surface area (TPSA) is 46.2 Å². The molecule has 1 N–H and O–H groups in total. The van der Waals surface area contributed by atoms with Crippen LogP contribution in [0.5, 0.6) is 0 Å². The highest BCUT2D eigenvalue weighted by molar-refractivity contribution is 6.39. The summed E-state index contributed by atoms with van der Waals surface area (Å²) < 4.78 is 37.5. The van der Waals surface area contributed by atoms with Gasteiger partial charge in [-0.2, -0.15) is 13.2 Å². The molecule has 0 spiro atoms. The van der Waals surface area contributed by atoms with Gasteiger partial charge in [-0.1, -0.05) is 30.3 Å². The molecule has 24 heavy (non-hydrogen) atoms. The molecule has 6 heteroatoms. The van der Waals surface area contributed by atoms with E-state index in [1.807, 2.05) is 0 Å². The van der Waals surface area contributed by atoms with Gasteiger partial charge < -0.3 is 5.32 Å². The van der Waals surface area contributed by atoms with Crippen molar-refractivity contribution in [1.29, 1.82) is 0 Å². The fourth-order valence-electron chi connectivity index (χ4n) is 2.51. The monoisotopic (exact) mass is 331 g/mol. The Hall–Kier alpha value is -2.89. The molecule has 0 fully saturated rings. The minimum absolute atomic E-state index is 0.0793. The fraction of sp³-hybridized carbons (Fsp3) is 0.111. The van der Waals surface area contributed by atoms with Crippen LogP contribution in [0.2, 0.25) is 0 Å². The predicted octanol–water partition coefficient (Wildman–Crippen LogP) is 4.12. The Morgan fingerprint density at radius 2 is 1.42 bits per heavy atom. The number of alkyl halides is 3. The average molecular weight is 331 g/mol. The summed E-state index contributed by atoms with van der Waals surface area (Å²) in [5.74, 6) is -0.658. The van der Waals surface area contributed by atoms with E-state index in [1.165, 1.54) is 18.2 Å². The average Bonchev–Trinajstić information content (AvgIpc) is 2.80. The van der Waals surface area contributed by atoms with Gasteiger partial charge in [-0.15, -0.1) is 0 Å². The van der Waals surface area contributed by atoms with Crippen molar-refractivity contribution in [3.63, 3.8) is 0 Å². The Kier molecular flexibility index (Phi) is 3.97. The number of Topliss-reactive ketones (excluding diaryl/α,β-unsaturated/α-hetero) is 2. The van der Waals surface area contributed by atoms with E-state index >= 15 is 0 Å². The summed E-state index contributed by atoms with van der Waals surface area (Å²) in [5.41, 5.74) is 0.570. The first-order valence-corrected chi connectivity index (χ1v) is 7.17. The van der Waals surface area contributed by atoms with Crippen molar-refractivity contribution in [2.75, 3.05) is 11.9 Å². The molecule has 3 nitrogen and oxygen atoms in total. The number of rotatable bonds is 3. The summed E-state index contributed by atoms with van der Waals surface area (Å²) in [6.45, 7) is 0.159. The quantitative estimate of drug-likeness (QED) is 0.680. The van der Waals surface area contributed by atoms with Gasteiger partial charge in [0, 0.05) is 23.4 Å². The number of hydrogen-bond donors (Lipinski definition) is 1. The van der Waals surface area contributed by atoms with E-state index in [0.29, 0.717) is 16.8 Å². The molecule has 0 radical (unpaired) electrons. The smallest absolute Gasteiger partial charge is 0.382 e. The predicted molar refractivity (Wildman–Crippen MR) is 83.1 cm³/mol. The molecule has 0 heterocycles. The number of allylic oxidation sites excluding steroid dienone is 1. The first-order chi connectivity index (χ1) is 11.4. The van der Waals surface area contributed by atoms with Gasteiger partial charge in [0.1, 0.15) is 0 Å². The van der Waals surface area contributed by atoms with Gasteiger partial charge in [-0.05, 0) is 24.3 Å². The Labute approximate surface area is 135 Å². The molecule has 1 aliphatic carbocycles. The van der Waals surface area contributed by atoms with Crippen LogP contribution in [0, 0.1) is 0 Å². The Morgan fingerprint density at radius 3 is 1.92 bits per heavy atom. The molecule has 0 aromatic heterocycles. The zero-order valence-corrected chi connectivity index (χ0v) is 12.4. The van der Waals surface area contributed by atoms with Crippen LogP contribution in [0.3, 0.4) is 0 Å². The zero-order chi connectivity index (χ0) is 17.3. The van der Waals surface area contributed by atoms with Gasteiger partial charge in [-0.3, -0.25) is 9.59 Å². The second-order valence-corrected chi connectivity index (χ2v) is 5.28. The van der Waals surface area contributed by atoms with Crippen molar-refractivity contribution in [2.45, 2.75) is 6.18 Å². The van der Waals surface area contributed by atoms with Crippen molar-refractivity contribution in [3.8, 4) is 0 Å². The highest BCUT2D eigenvalue weighted by Crippen LogP contribution is 2.30. The second kappa shape index (κ2) is 5.96. The van der Waals surface area contributed by atoms with Crippen LogP contribution >= 0.6 is 0 Å². The molecule has 3 rings (SSSR count). The van der Waals surface area contributed by atoms with Crippen LogP contribution in [-0.4, -0.2) is 18.1 Å². The summed E-state index contributed by atoms with van der Waals surface area (Å²) in [7, 11) is 0. The van der Waals surface area contributed by atoms with Crippen LogP contribution < -0.4 is 5.32 Å². The van der Waals surface area contributed by atoms with Crippen LogP contribution in [0.25, 0.3) is 0 Å². The summed E-state index contributed by atoms with van der Waals surface area (Å²) in [5, 5.41) is 2.87. The maximum absolute atomic E-state index is 12.5. The van der Waals surface area contributed by atoms with Gasteiger partial charge in [0.2, 0.25) is 0 Å². The summed E-state index contributed by atoms with van der Waals surface area (Å²) in [6, 6.07) is 11.1. The molecule has 0 saturated heterocycles. The third-order valence-corrected chi connectivity index (χ3v) is 3.73. The maximum atomic E-state index is 12.5. The molecule has 0 bridgehead atoms. The van der Waals surface area contributed by atoms with E-state index in [2.05, 4.69) is 5.32 Å². The van der Waals surface area contributed by atoms with Crippen molar-refractivity contribution in [1.82, 2.24) is 0 Å². The summed E-state index contributed by atoms with van der Waals surface area (Å²) in [4.78, 5) is 24.3. The molecule has 0 aliphatic heterocycles. The minimum atomic E-state index is -4.38. The molecular weight excluding hydrogens is 319 g/mol.